The van der Waals surface area contributed by atoms with Crippen molar-refractivity contribution in [2.75, 3.05) is 19.6 Å². The van der Waals surface area contributed by atoms with Gasteiger partial charge in [-0.15, -0.1) is 0 Å². The summed E-state index contributed by atoms with van der Waals surface area (Å²) in [5.74, 6) is 0.210. The fraction of sp³-hybridized carbons (Fsp3) is 0.905. The van der Waals surface area contributed by atoms with Gasteiger partial charge in [-0.3, -0.25) is 4.79 Å². The number of piperidine rings is 1. The van der Waals surface area contributed by atoms with Crippen LogP contribution in [-0.2, 0) is 9.22 Å². The smallest absolute Gasteiger partial charge is 0.407 e. The van der Waals surface area contributed by atoms with Crippen LogP contribution in [0.5, 0.6) is 0 Å². The van der Waals surface area contributed by atoms with E-state index in [4.69, 9.17) is 4.43 Å². The average Bonchev–Trinajstić information content (AvgIpc) is 3.02. The molecule has 2 amide bonds. The molecule has 160 valence electrons. The van der Waals surface area contributed by atoms with Gasteiger partial charge < -0.3 is 19.3 Å². The Hall–Kier alpha value is -1.08. The molecule has 0 aromatic carbocycles. The fourth-order valence-electron chi connectivity index (χ4n) is 5.70. The third kappa shape index (κ3) is 4.11. The van der Waals surface area contributed by atoms with Gasteiger partial charge in [-0.2, -0.15) is 0 Å². The lowest BCUT2D eigenvalue weighted by Crippen LogP contribution is -2.51. The van der Waals surface area contributed by atoms with E-state index in [9.17, 15) is 14.7 Å². The maximum Gasteiger partial charge on any atom is 0.407 e. The van der Waals surface area contributed by atoms with Crippen molar-refractivity contribution in [3.63, 3.8) is 0 Å². The number of hydrogen-bond acceptors (Lipinski definition) is 3. The summed E-state index contributed by atoms with van der Waals surface area (Å²) in [4.78, 5) is 28.2. The molecular formula is C21H38N2O4Si. The Morgan fingerprint density at radius 1 is 1.11 bits per heavy atom. The summed E-state index contributed by atoms with van der Waals surface area (Å²) < 4.78 is 6.68. The van der Waals surface area contributed by atoms with E-state index in [1.165, 1.54) is 23.0 Å². The highest BCUT2D eigenvalue weighted by atomic mass is 28.4. The second kappa shape index (κ2) is 8.74. The highest BCUT2D eigenvalue weighted by Gasteiger charge is 2.51. The van der Waals surface area contributed by atoms with Crippen molar-refractivity contribution in [3.05, 3.63) is 0 Å². The third-order valence-electron chi connectivity index (χ3n) is 7.83. The van der Waals surface area contributed by atoms with Gasteiger partial charge in [0.15, 0.2) is 8.32 Å². The lowest BCUT2D eigenvalue weighted by atomic mass is 9.78. The summed E-state index contributed by atoms with van der Waals surface area (Å²) >= 11 is 0. The van der Waals surface area contributed by atoms with E-state index in [0.717, 1.165) is 51.5 Å². The quantitative estimate of drug-likeness (QED) is 0.662. The maximum absolute atomic E-state index is 13.3. The van der Waals surface area contributed by atoms with Gasteiger partial charge in [-0.25, -0.2) is 4.79 Å². The number of rotatable bonds is 6. The molecule has 28 heavy (non-hydrogen) atoms. The van der Waals surface area contributed by atoms with Gasteiger partial charge >= 0.3 is 6.09 Å². The van der Waals surface area contributed by atoms with Gasteiger partial charge in [0, 0.05) is 31.8 Å². The van der Waals surface area contributed by atoms with Crippen molar-refractivity contribution in [1.29, 1.82) is 0 Å². The number of carboxylic acid groups (broad SMARTS) is 1. The predicted molar refractivity (Wildman–Crippen MR) is 112 cm³/mol. The van der Waals surface area contributed by atoms with Gasteiger partial charge in [0.05, 0.1) is 5.41 Å². The molecule has 2 aliphatic heterocycles. The van der Waals surface area contributed by atoms with Crippen molar-refractivity contribution < 1.29 is 19.1 Å². The summed E-state index contributed by atoms with van der Waals surface area (Å²) in [6, 6.07) is 3.88. The largest absolute Gasteiger partial charge is 0.465 e. The van der Waals surface area contributed by atoms with E-state index in [1.807, 2.05) is 0 Å². The van der Waals surface area contributed by atoms with E-state index < -0.39 is 19.8 Å². The molecule has 3 rings (SSSR count). The van der Waals surface area contributed by atoms with Crippen LogP contribution in [0.1, 0.15) is 65.7 Å². The van der Waals surface area contributed by atoms with Crippen LogP contribution < -0.4 is 0 Å². The molecule has 3 aliphatic rings. The Kier molecular flexibility index (Phi) is 6.75. The Morgan fingerprint density at radius 3 is 2.32 bits per heavy atom. The van der Waals surface area contributed by atoms with Gasteiger partial charge in [-0.1, -0.05) is 20.8 Å². The number of hydrogen-bond donors (Lipinski definition) is 1. The van der Waals surface area contributed by atoms with Crippen LogP contribution in [0.15, 0.2) is 0 Å². The average molecular weight is 411 g/mol. The van der Waals surface area contributed by atoms with Crippen molar-refractivity contribution in [1.82, 2.24) is 9.80 Å². The number of likely N-dealkylation sites (tertiary alicyclic amines) is 2. The Morgan fingerprint density at radius 2 is 1.75 bits per heavy atom. The maximum atomic E-state index is 13.3. The van der Waals surface area contributed by atoms with Crippen molar-refractivity contribution in [2.24, 2.45) is 5.41 Å². The summed E-state index contributed by atoms with van der Waals surface area (Å²) in [5.41, 5.74) is -0.460. The standard InChI is InChI=1S/C21H38N2O4Si/c1-4-28(5-2,6-3)27-18-10-8-17(9-11-18)23-15-13-21(19(23)24)12-7-14-22(16-21)20(25)26/h17-18H,4-16H2,1-3H3,(H,25,26)/t17-,18-,21-/m1/s1. The molecule has 0 unspecified atom stereocenters. The van der Waals surface area contributed by atoms with E-state index in [-0.39, 0.29) is 5.91 Å². The van der Waals surface area contributed by atoms with Crippen LogP contribution in [0, 0.1) is 5.41 Å². The number of carbonyl (C=O) groups is 2. The number of carbonyl (C=O) groups excluding carboxylic acids is 1. The van der Waals surface area contributed by atoms with Gasteiger partial charge in [-0.05, 0) is 63.1 Å². The number of amides is 2. The summed E-state index contributed by atoms with van der Waals surface area (Å²) in [5, 5.41) is 9.36. The molecule has 0 aromatic heterocycles. The van der Waals surface area contributed by atoms with E-state index in [2.05, 4.69) is 25.7 Å². The van der Waals surface area contributed by atoms with Gasteiger partial charge in [0.25, 0.3) is 0 Å². The fourth-order valence-corrected chi connectivity index (χ4v) is 8.64. The molecule has 0 radical (unpaired) electrons. The van der Waals surface area contributed by atoms with Gasteiger partial charge in [0.2, 0.25) is 5.91 Å². The first kappa shape index (κ1) is 21.6. The van der Waals surface area contributed by atoms with Gasteiger partial charge in [0.1, 0.15) is 0 Å². The van der Waals surface area contributed by atoms with Crippen LogP contribution in [0.3, 0.4) is 0 Å². The van der Waals surface area contributed by atoms with E-state index in [1.54, 1.807) is 0 Å². The van der Waals surface area contributed by atoms with Crippen molar-refractivity contribution in [3.8, 4) is 0 Å². The van der Waals surface area contributed by atoms with Crippen LogP contribution in [-0.4, -0.2) is 67.0 Å². The lowest BCUT2D eigenvalue weighted by Gasteiger charge is -2.41. The lowest BCUT2D eigenvalue weighted by molar-refractivity contribution is -0.141. The first-order valence-electron chi connectivity index (χ1n) is 11.4. The second-order valence-electron chi connectivity index (χ2n) is 9.13. The molecule has 1 saturated carbocycles. The summed E-state index contributed by atoms with van der Waals surface area (Å²) in [6.45, 7) is 8.56. The molecule has 1 atom stereocenters. The molecule has 1 N–H and O–H groups in total. The van der Waals surface area contributed by atoms with Crippen molar-refractivity contribution >= 4 is 20.3 Å². The molecule has 2 saturated heterocycles. The van der Waals surface area contributed by atoms with Crippen LogP contribution in [0.4, 0.5) is 4.79 Å². The molecule has 7 heteroatoms. The highest BCUT2D eigenvalue weighted by molar-refractivity contribution is 6.73. The zero-order valence-electron chi connectivity index (χ0n) is 17.9. The summed E-state index contributed by atoms with van der Waals surface area (Å²) in [7, 11) is -1.56. The first-order chi connectivity index (χ1) is 13.4. The van der Waals surface area contributed by atoms with E-state index >= 15 is 0 Å². The van der Waals surface area contributed by atoms with Crippen LogP contribution in [0.2, 0.25) is 18.1 Å². The Labute approximate surface area is 170 Å². The number of nitrogens with zero attached hydrogens (tertiary/aromatic N) is 2. The molecule has 1 aliphatic carbocycles. The SMILES string of the molecule is CC[Si](CC)(CC)O[C@H]1CC[C@H](N2CC[C@@]3(CCCN(C(=O)O)C3)C2=O)CC1. The zero-order chi connectivity index (χ0) is 20.4. The minimum atomic E-state index is -1.56. The summed E-state index contributed by atoms with van der Waals surface area (Å²) in [6.07, 6.45) is 6.07. The Bertz CT molecular complexity index is 566. The van der Waals surface area contributed by atoms with Crippen LogP contribution in [0.25, 0.3) is 0 Å². The monoisotopic (exact) mass is 410 g/mol. The van der Waals surface area contributed by atoms with Crippen LogP contribution >= 0.6 is 0 Å². The molecule has 2 heterocycles. The third-order valence-corrected chi connectivity index (χ3v) is 12.5. The molecule has 6 nitrogen and oxygen atoms in total. The molecule has 1 spiro atoms. The van der Waals surface area contributed by atoms with Crippen molar-refractivity contribution in [2.45, 2.75) is 96.0 Å². The second-order valence-corrected chi connectivity index (χ2v) is 13.9. The van der Waals surface area contributed by atoms with E-state index in [0.29, 0.717) is 25.2 Å². The zero-order valence-corrected chi connectivity index (χ0v) is 18.9. The predicted octanol–water partition coefficient (Wildman–Crippen LogP) is 4.31. The highest BCUT2D eigenvalue weighted by Crippen LogP contribution is 2.43. The molecule has 0 aromatic rings. The molecule has 3 fully saturated rings. The minimum Gasteiger partial charge on any atom is -0.465 e. The Balaban J connectivity index is 1.57. The molecule has 0 bridgehead atoms. The topological polar surface area (TPSA) is 70.1 Å². The normalized spacial score (nSPS) is 31.6. The first-order valence-corrected chi connectivity index (χ1v) is 13.9. The minimum absolute atomic E-state index is 0.210. The molecular weight excluding hydrogens is 372 g/mol.